The fourth-order valence-corrected chi connectivity index (χ4v) is 3.36. The van der Waals surface area contributed by atoms with Gasteiger partial charge in [0, 0.05) is 29.5 Å². The predicted octanol–water partition coefficient (Wildman–Crippen LogP) is 6.16. The third kappa shape index (κ3) is 5.39. The van der Waals surface area contributed by atoms with E-state index in [0.717, 1.165) is 17.7 Å². The van der Waals surface area contributed by atoms with E-state index < -0.39 is 5.82 Å². The van der Waals surface area contributed by atoms with Crippen molar-refractivity contribution in [2.24, 2.45) is 0 Å². The summed E-state index contributed by atoms with van der Waals surface area (Å²) < 4.78 is 16.1. The number of carbonyl (C=O) groups is 1. The van der Waals surface area contributed by atoms with Gasteiger partial charge in [-0.05, 0) is 55.3 Å². The molecule has 1 N–H and O–H groups in total. The number of carbonyl (C=O) groups excluding carboxylic acids is 1. The second-order valence-electron chi connectivity index (χ2n) is 7.05. The first-order chi connectivity index (χ1) is 14.0. The molecule has 0 fully saturated rings. The number of rotatable bonds is 7. The molecule has 0 aliphatic heterocycles. The number of hydrogen-bond donors (Lipinski definition) is 1. The maximum Gasteiger partial charge on any atom is 0.322 e. The van der Waals surface area contributed by atoms with Crippen LogP contribution in [0.15, 0.2) is 66.9 Å². The van der Waals surface area contributed by atoms with Gasteiger partial charge in [-0.15, -0.1) is 0 Å². The van der Waals surface area contributed by atoms with Crippen LogP contribution in [-0.4, -0.2) is 21.5 Å². The molecule has 0 unspecified atom stereocenters. The Balaban J connectivity index is 1.78. The molecule has 3 aromatic rings. The minimum absolute atomic E-state index is 0.00343. The Labute approximate surface area is 175 Å². The van der Waals surface area contributed by atoms with Crippen LogP contribution in [0.1, 0.15) is 31.5 Å². The average molecular weight is 414 g/mol. The van der Waals surface area contributed by atoms with E-state index in [-0.39, 0.29) is 17.8 Å². The Kier molecular flexibility index (Phi) is 6.94. The molecule has 0 radical (unpaired) electrons. The van der Waals surface area contributed by atoms with Crippen molar-refractivity contribution in [3.05, 3.63) is 89.0 Å². The van der Waals surface area contributed by atoms with E-state index in [2.05, 4.69) is 9.88 Å². The first-order valence-corrected chi connectivity index (χ1v) is 10.1. The summed E-state index contributed by atoms with van der Waals surface area (Å²) in [6.45, 7) is 5.10. The quantitative estimate of drug-likeness (QED) is 0.494. The molecule has 0 saturated heterocycles. The molecule has 4 nitrogen and oxygen atoms in total. The zero-order valence-electron chi connectivity index (χ0n) is 16.6. The number of para-hydroxylation sites is 1. The summed E-state index contributed by atoms with van der Waals surface area (Å²) in [6.07, 6.45) is 2.78. The van der Waals surface area contributed by atoms with E-state index in [9.17, 15) is 9.18 Å². The molecule has 0 saturated carbocycles. The lowest BCUT2D eigenvalue weighted by Crippen LogP contribution is -2.41. The number of nitrogens with zero attached hydrogens (tertiary/aromatic N) is 2. The van der Waals surface area contributed by atoms with Gasteiger partial charge >= 0.3 is 6.03 Å². The molecule has 2 amide bonds. The highest BCUT2D eigenvalue weighted by Crippen LogP contribution is 2.19. The third-order valence-electron chi connectivity index (χ3n) is 5.00. The lowest BCUT2D eigenvalue weighted by Gasteiger charge is -2.29. The van der Waals surface area contributed by atoms with Crippen LogP contribution in [-0.2, 0) is 13.1 Å². The SMILES string of the molecule is CC[C@@H](C)N(Cc1cccn1Cc1cccc(Cl)c1)C(=O)Nc1ccccc1F. The van der Waals surface area contributed by atoms with Crippen molar-refractivity contribution in [3.63, 3.8) is 0 Å². The van der Waals surface area contributed by atoms with E-state index in [1.165, 1.54) is 6.07 Å². The van der Waals surface area contributed by atoms with Gasteiger partial charge in [0.2, 0.25) is 0 Å². The van der Waals surface area contributed by atoms with Crippen LogP contribution in [0.25, 0.3) is 0 Å². The van der Waals surface area contributed by atoms with E-state index in [0.29, 0.717) is 18.1 Å². The van der Waals surface area contributed by atoms with Crippen molar-refractivity contribution in [2.45, 2.75) is 39.4 Å². The van der Waals surface area contributed by atoms with E-state index in [1.807, 2.05) is 56.4 Å². The Hall–Kier alpha value is -2.79. The van der Waals surface area contributed by atoms with Gasteiger partial charge in [-0.2, -0.15) is 0 Å². The number of urea groups is 1. The molecule has 2 aromatic carbocycles. The van der Waals surface area contributed by atoms with E-state index >= 15 is 0 Å². The molecule has 152 valence electrons. The van der Waals surface area contributed by atoms with Crippen LogP contribution in [0.4, 0.5) is 14.9 Å². The molecule has 29 heavy (non-hydrogen) atoms. The van der Waals surface area contributed by atoms with Crippen molar-refractivity contribution < 1.29 is 9.18 Å². The molecule has 1 heterocycles. The largest absolute Gasteiger partial charge is 0.345 e. The highest BCUT2D eigenvalue weighted by atomic mass is 35.5. The minimum atomic E-state index is -0.450. The molecule has 0 aliphatic rings. The summed E-state index contributed by atoms with van der Waals surface area (Å²) in [6, 6.07) is 17.5. The van der Waals surface area contributed by atoms with Crippen molar-refractivity contribution in [1.29, 1.82) is 0 Å². The Morgan fingerprint density at radius 2 is 1.97 bits per heavy atom. The van der Waals surface area contributed by atoms with Crippen LogP contribution in [0.2, 0.25) is 5.02 Å². The normalized spacial score (nSPS) is 11.9. The number of amides is 2. The summed E-state index contributed by atoms with van der Waals surface area (Å²) >= 11 is 6.10. The number of nitrogens with one attached hydrogen (secondary N) is 1. The van der Waals surface area contributed by atoms with Crippen LogP contribution < -0.4 is 5.32 Å². The van der Waals surface area contributed by atoms with Gasteiger partial charge in [0.25, 0.3) is 0 Å². The summed E-state index contributed by atoms with van der Waals surface area (Å²) in [4.78, 5) is 14.7. The molecule has 1 atom stereocenters. The second-order valence-corrected chi connectivity index (χ2v) is 7.49. The first kappa shape index (κ1) is 20.9. The van der Waals surface area contributed by atoms with Crippen LogP contribution in [0.5, 0.6) is 0 Å². The van der Waals surface area contributed by atoms with Gasteiger partial charge < -0.3 is 14.8 Å². The van der Waals surface area contributed by atoms with Gasteiger partial charge in [0.15, 0.2) is 0 Å². The molecule has 0 bridgehead atoms. The van der Waals surface area contributed by atoms with Crippen molar-refractivity contribution in [3.8, 4) is 0 Å². The summed E-state index contributed by atoms with van der Waals surface area (Å²) in [7, 11) is 0. The molecular formula is C23H25ClFN3O. The van der Waals surface area contributed by atoms with Crippen molar-refractivity contribution in [1.82, 2.24) is 9.47 Å². The third-order valence-corrected chi connectivity index (χ3v) is 5.23. The fourth-order valence-electron chi connectivity index (χ4n) is 3.15. The molecule has 0 spiro atoms. The number of benzene rings is 2. The maximum atomic E-state index is 14.0. The molecule has 6 heteroatoms. The standard InChI is InChI=1S/C23H25ClFN3O/c1-3-17(2)28(23(29)26-22-12-5-4-11-21(22)25)16-20-10-7-13-27(20)15-18-8-6-9-19(24)14-18/h4-14,17H,3,15-16H2,1-2H3,(H,26,29)/t17-/m1/s1. The van der Waals surface area contributed by atoms with Crippen LogP contribution >= 0.6 is 11.6 Å². The monoisotopic (exact) mass is 413 g/mol. The molecular weight excluding hydrogens is 389 g/mol. The van der Waals surface area contributed by atoms with Gasteiger partial charge in [-0.3, -0.25) is 0 Å². The van der Waals surface area contributed by atoms with Gasteiger partial charge in [0.05, 0.1) is 12.2 Å². The number of halogens is 2. The predicted molar refractivity (Wildman–Crippen MR) is 116 cm³/mol. The molecule has 1 aromatic heterocycles. The van der Waals surface area contributed by atoms with Crippen LogP contribution in [0.3, 0.4) is 0 Å². The van der Waals surface area contributed by atoms with Gasteiger partial charge in [-0.1, -0.05) is 42.8 Å². The zero-order valence-corrected chi connectivity index (χ0v) is 17.4. The zero-order chi connectivity index (χ0) is 20.8. The first-order valence-electron chi connectivity index (χ1n) is 9.68. The highest BCUT2D eigenvalue weighted by molar-refractivity contribution is 6.30. The minimum Gasteiger partial charge on any atom is -0.345 e. The van der Waals surface area contributed by atoms with Crippen LogP contribution in [0, 0.1) is 5.82 Å². The maximum absolute atomic E-state index is 14.0. The Bertz CT molecular complexity index is 972. The van der Waals surface area contributed by atoms with Gasteiger partial charge in [0.1, 0.15) is 5.82 Å². The fraction of sp³-hybridized carbons (Fsp3) is 0.261. The van der Waals surface area contributed by atoms with E-state index in [4.69, 9.17) is 11.6 Å². The number of anilines is 1. The lowest BCUT2D eigenvalue weighted by atomic mass is 10.2. The highest BCUT2D eigenvalue weighted by Gasteiger charge is 2.21. The topological polar surface area (TPSA) is 37.3 Å². The summed E-state index contributed by atoms with van der Waals surface area (Å²) in [5.74, 6) is -0.450. The second kappa shape index (κ2) is 9.61. The van der Waals surface area contributed by atoms with Gasteiger partial charge in [-0.25, -0.2) is 9.18 Å². The Morgan fingerprint density at radius 1 is 1.17 bits per heavy atom. The summed E-state index contributed by atoms with van der Waals surface area (Å²) in [5.41, 5.74) is 2.26. The number of hydrogen-bond acceptors (Lipinski definition) is 1. The van der Waals surface area contributed by atoms with E-state index in [1.54, 1.807) is 23.1 Å². The number of aromatic nitrogens is 1. The summed E-state index contributed by atoms with van der Waals surface area (Å²) in [5, 5.41) is 3.40. The van der Waals surface area contributed by atoms with Crippen molar-refractivity contribution >= 4 is 23.3 Å². The average Bonchev–Trinajstić information content (AvgIpc) is 3.14. The molecule has 0 aliphatic carbocycles. The van der Waals surface area contributed by atoms with Crippen molar-refractivity contribution in [2.75, 3.05) is 5.32 Å². The Morgan fingerprint density at radius 3 is 2.69 bits per heavy atom. The molecule has 3 rings (SSSR count). The smallest absolute Gasteiger partial charge is 0.322 e. The lowest BCUT2D eigenvalue weighted by molar-refractivity contribution is 0.185.